The van der Waals surface area contributed by atoms with Crippen LogP contribution in [0.4, 0.5) is 5.69 Å². The Morgan fingerprint density at radius 3 is 2.03 bits per heavy atom. The Labute approximate surface area is 212 Å². The van der Waals surface area contributed by atoms with E-state index in [0.717, 1.165) is 24.8 Å². The molecule has 0 radical (unpaired) electrons. The van der Waals surface area contributed by atoms with Gasteiger partial charge >= 0.3 is 0 Å². The molecule has 2 N–H and O–H groups in total. The number of unbranched alkanes of at least 4 members (excludes halogenated alkanes) is 9. The zero-order valence-corrected chi connectivity index (χ0v) is 22.1. The quantitative estimate of drug-likeness (QED) is 0.152. The maximum absolute atomic E-state index is 13.2. The molecule has 1 atom stereocenters. The number of aromatic hydroxyl groups is 1. The highest BCUT2D eigenvalue weighted by Crippen LogP contribution is 2.34. The number of anilines is 1. The van der Waals surface area contributed by atoms with Crippen molar-refractivity contribution in [3.63, 3.8) is 0 Å². The van der Waals surface area contributed by atoms with E-state index >= 15 is 0 Å². The van der Waals surface area contributed by atoms with Crippen molar-refractivity contribution in [3.8, 4) is 11.5 Å². The lowest BCUT2D eigenvalue weighted by atomic mass is 9.86. The van der Waals surface area contributed by atoms with Gasteiger partial charge in [-0.2, -0.15) is 5.06 Å². The van der Waals surface area contributed by atoms with Crippen LogP contribution in [0.3, 0.4) is 0 Å². The SMILES string of the molecule is CCCCCCCCCCCCC(Oc1ccc(O)c(C(C)(C)C)c1)C(=O)N(O)c1ccccc1. The van der Waals surface area contributed by atoms with E-state index in [9.17, 15) is 15.1 Å². The number of benzene rings is 2. The van der Waals surface area contributed by atoms with Gasteiger partial charge in [0.25, 0.3) is 5.91 Å². The molecule has 0 spiro atoms. The van der Waals surface area contributed by atoms with E-state index in [-0.39, 0.29) is 11.2 Å². The van der Waals surface area contributed by atoms with Crippen molar-refractivity contribution in [1.82, 2.24) is 0 Å². The summed E-state index contributed by atoms with van der Waals surface area (Å²) in [6, 6.07) is 13.8. The average molecular weight is 484 g/mol. The van der Waals surface area contributed by atoms with Crippen molar-refractivity contribution in [2.45, 2.75) is 110 Å². The van der Waals surface area contributed by atoms with Crippen LogP contribution in [0.2, 0.25) is 0 Å². The third-order valence-corrected chi connectivity index (χ3v) is 6.36. The summed E-state index contributed by atoms with van der Waals surface area (Å²) in [5.41, 5.74) is 0.895. The van der Waals surface area contributed by atoms with Gasteiger partial charge in [0.15, 0.2) is 6.10 Å². The molecule has 2 aromatic rings. The van der Waals surface area contributed by atoms with Crippen molar-refractivity contribution >= 4 is 11.6 Å². The Morgan fingerprint density at radius 1 is 0.886 bits per heavy atom. The fourth-order valence-corrected chi connectivity index (χ4v) is 4.24. The summed E-state index contributed by atoms with van der Waals surface area (Å²) in [4.78, 5) is 13.2. The lowest BCUT2D eigenvalue weighted by Gasteiger charge is -2.25. The van der Waals surface area contributed by atoms with Crippen LogP contribution in [-0.4, -0.2) is 22.3 Å². The maximum Gasteiger partial charge on any atom is 0.291 e. The molecule has 5 heteroatoms. The Bertz CT molecular complexity index is 876. The summed E-state index contributed by atoms with van der Waals surface area (Å²) in [6.07, 6.45) is 11.8. The normalized spacial score (nSPS) is 12.4. The van der Waals surface area contributed by atoms with Gasteiger partial charge in [-0.25, -0.2) is 0 Å². The number of para-hydroxylation sites is 1. The molecule has 0 heterocycles. The van der Waals surface area contributed by atoms with E-state index < -0.39 is 12.0 Å². The van der Waals surface area contributed by atoms with Crippen molar-refractivity contribution in [2.24, 2.45) is 0 Å². The predicted molar refractivity (Wildman–Crippen MR) is 143 cm³/mol. The number of nitrogens with zero attached hydrogens (tertiary/aromatic N) is 1. The predicted octanol–water partition coefficient (Wildman–Crippen LogP) is 8.17. The van der Waals surface area contributed by atoms with Crippen molar-refractivity contribution in [2.75, 3.05) is 5.06 Å². The number of rotatable bonds is 15. The lowest BCUT2D eigenvalue weighted by molar-refractivity contribution is -0.131. The molecule has 1 unspecified atom stereocenters. The summed E-state index contributed by atoms with van der Waals surface area (Å²) in [6.45, 7) is 8.29. The molecular formula is C30H45NO4. The molecule has 0 saturated carbocycles. The largest absolute Gasteiger partial charge is 0.508 e. The third-order valence-electron chi connectivity index (χ3n) is 6.36. The first-order valence-corrected chi connectivity index (χ1v) is 13.3. The molecule has 0 bridgehead atoms. The smallest absolute Gasteiger partial charge is 0.291 e. The monoisotopic (exact) mass is 483 g/mol. The number of hydrogen-bond acceptors (Lipinski definition) is 4. The molecule has 0 saturated heterocycles. The average Bonchev–Trinajstić information content (AvgIpc) is 2.84. The fraction of sp³-hybridized carbons (Fsp3) is 0.567. The minimum Gasteiger partial charge on any atom is -0.508 e. The van der Waals surface area contributed by atoms with Gasteiger partial charge in [-0.1, -0.05) is 104 Å². The second kappa shape index (κ2) is 14.8. The van der Waals surface area contributed by atoms with Gasteiger partial charge in [0.2, 0.25) is 0 Å². The minimum atomic E-state index is -0.813. The summed E-state index contributed by atoms with van der Waals surface area (Å²) in [5, 5.41) is 21.6. The van der Waals surface area contributed by atoms with Crippen LogP contribution in [0.1, 0.15) is 104 Å². The van der Waals surface area contributed by atoms with Crippen LogP contribution in [0.15, 0.2) is 48.5 Å². The highest BCUT2D eigenvalue weighted by molar-refractivity contribution is 5.94. The lowest BCUT2D eigenvalue weighted by Crippen LogP contribution is -2.40. The van der Waals surface area contributed by atoms with Gasteiger partial charge in [-0.3, -0.25) is 10.0 Å². The first kappa shape index (κ1) is 28.7. The van der Waals surface area contributed by atoms with E-state index in [1.165, 1.54) is 44.9 Å². The van der Waals surface area contributed by atoms with E-state index in [1.807, 2.05) is 26.8 Å². The molecule has 194 valence electrons. The maximum atomic E-state index is 13.2. The van der Waals surface area contributed by atoms with Gasteiger partial charge in [0.1, 0.15) is 11.5 Å². The van der Waals surface area contributed by atoms with Crippen molar-refractivity contribution in [1.29, 1.82) is 0 Å². The third kappa shape index (κ3) is 9.93. The number of carbonyl (C=O) groups is 1. The standard InChI is InChI=1S/C30H45NO4/c1-5-6-7-8-9-10-11-12-13-17-20-28(29(33)31(34)24-18-15-14-16-19-24)35-25-21-22-27(32)26(23-25)30(2,3)4/h14-16,18-19,21-23,28,32,34H,5-13,17,20H2,1-4H3. The molecule has 5 nitrogen and oxygen atoms in total. The minimum absolute atomic E-state index is 0.204. The second-order valence-corrected chi connectivity index (χ2v) is 10.5. The van der Waals surface area contributed by atoms with Gasteiger partial charge in [0, 0.05) is 5.56 Å². The number of amides is 1. The van der Waals surface area contributed by atoms with E-state index in [4.69, 9.17) is 4.74 Å². The Hall–Kier alpha value is -2.53. The number of phenolic OH excluding ortho intramolecular Hbond substituents is 1. The first-order chi connectivity index (χ1) is 16.7. The molecule has 35 heavy (non-hydrogen) atoms. The number of ether oxygens (including phenoxy) is 1. The summed E-state index contributed by atoms with van der Waals surface area (Å²) >= 11 is 0. The number of carbonyl (C=O) groups excluding carboxylic acids is 1. The van der Waals surface area contributed by atoms with Crippen LogP contribution >= 0.6 is 0 Å². The Balaban J connectivity index is 1.99. The first-order valence-electron chi connectivity index (χ1n) is 13.3. The van der Waals surface area contributed by atoms with Crippen molar-refractivity contribution < 1.29 is 19.8 Å². The zero-order chi connectivity index (χ0) is 25.7. The Kier molecular flexibility index (Phi) is 12.1. The van der Waals surface area contributed by atoms with Gasteiger partial charge < -0.3 is 9.84 Å². The molecule has 0 aliphatic heterocycles. The van der Waals surface area contributed by atoms with E-state index in [0.29, 0.717) is 22.9 Å². The highest BCUT2D eigenvalue weighted by Gasteiger charge is 2.27. The summed E-state index contributed by atoms with van der Waals surface area (Å²) < 4.78 is 6.13. The molecule has 0 fully saturated rings. The van der Waals surface area contributed by atoms with Crippen molar-refractivity contribution in [3.05, 3.63) is 54.1 Å². The van der Waals surface area contributed by atoms with Crippen LogP contribution in [0.5, 0.6) is 11.5 Å². The second-order valence-electron chi connectivity index (χ2n) is 10.5. The van der Waals surface area contributed by atoms with Crippen LogP contribution in [-0.2, 0) is 10.2 Å². The van der Waals surface area contributed by atoms with E-state index in [1.54, 1.807) is 42.5 Å². The Morgan fingerprint density at radius 2 is 1.46 bits per heavy atom. The van der Waals surface area contributed by atoms with Crippen LogP contribution in [0, 0.1) is 0 Å². The summed E-state index contributed by atoms with van der Waals surface area (Å²) in [7, 11) is 0. The fourth-order valence-electron chi connectivity index (χ4n) is 4.24. The van der Waals surface area contributed by atoms with Crippen LogP contribution in [0.25, 0.3) is 0 Å². The van der Waals surface area contributed by atoms with Gasteiger partial charge in [-0.15, -0.1) is 0 Å². The molecule has 0 aliphatic carbocycles. The molecule has 2 aromatic carbocycles. The zero-order valence-electron chi connectivity index (χ0n) is 22.1. The molecule has 1 amide bonds. The molecule has 0 aromatic heterocycles. The van der Waals surface area contributed by atoms with E-state index in [2.05, 4.69) is 6.92 Å². The topological polar surface area (TPSA) is 70.0 Å². The molecule has 0 aliphatic rings. The number of phenols is 1. The molecular weight excluding hydrogens is 438 g/mol. The molecule has 2 rings (SSSR count). The highest BCUT2D eigenvalue weighted by atomic mass is 16.5. The summed E-state index contributed by atoms with van der Waals surface area (Å²) in [5.74, 6) is 0.229. The van der Waals surface area contributed by atoms with Gasteiger partial charge in [-0.05, 0) is 48.6 Å². The van der Waals surface area contributed by atoms with Crippen LogP contribution < -0.4 is 9.80 Å². The number of hydrogen-bond donors (Lipinski definition) is 2. The number of hydroxylamine groups is 1. The van der Waals surface area contributed by atoms with Gasteiger partial charge in [0.05, 0.1) is 5.69 Å².